The minimum atomic E-state index is -0.529. The lowest BCUT2D eigenvalue weighted by Crippen LogP contribution is -2.43. The fourth-order valence-electron chi connectivity index (χ4n) is 5.03. The summed E-state index contributed by atoms with van der Waals surface area (Å²) >= 11 is 0. The molecule has 188 valence electrons. The van der Waals surface area contributed by atoms with Gasteiger partial charge in [-0.15, -0.1) is 0 Å². The molecule has 0 spiro atoms. The third kappa shape index (κ3) is 7.94. The minimum absolute atomic E-state index is 0.201. The Bertz CT molecular complexity index is 1000. The van der Waals surface area contributed by atoms with Gasteiger partial charge in [-0.1, -0.05) is 75.4 Å². The Morgan fingerprint density at radius 3 is 2.23 bits per heavy atom. The Morgan fingerprint density at radius 2 is 1.66 bits per heavy atom. The second-order valence-corrected chi connectivity index (χ2v) is 10.7. The zero-order chi connectivity index (χ0) is 25.4. The number of guanidine groups is 1. The van der Waals surface area contributed by atoms with Gasteiger partial charge in [0.25, 0.3) is 0 Å². The summed E-state index contributed by atoms with van der Waals surface area (Å²) in [7, 11) is 0. The number of nitrogens with zero attached hydrogens (tertiary/aromatic N) is 2. The first-order chi connectivity index (χ1) is 16.6. The van der Waals surface area contributed by atoms with Crippen LogP contribution in [0.4, 0.5) is 0 Å². The van der Waals surface area contributed by atoms with Gasteiger partial charge in [0.15, 0.2) is 0 Å². The summed E-state index contributed by atoms with van der Waals surface area (Å²) in [5.74, 6) is -0.147. The van der Waals surface area contributed by atoms with Crippen molar-refractivity contribution in [2.45, 2.75) is 78.3 Å². The maximum absolute atomic E-state index is 13.4. The summed E-state index contributed by atoms with van der Waals surface area (Å²) in [4.78, 5) is 19.0. The SMILES string of the molecule is CC(C)(C)C1CCC(N(Cc2ccc(C([O-])=NC(=N)N)cc2)C(=O)CCCc2ccccc2)CC1. The molecule has 1 aliphatic rings. The van der Waals surface area contributed by atoms with Crippen molar-refractivity contribution in [3.8, 4) is 0 Å². The number of aliphatic imine (C=N–C) groups is 1. The van der Waals surface area contributed by atoms with Gasteiger partial charge in [-0.25, -0.2) is 4.99 Å². The molecule has 2 aromatic carbocycles. The van der Waals surface area contributed by atoms with Crippen molar-refractivity contribution in [3.05, 3.63) is 71.3 Å². The molecule has 6 heteroatoms. The normalized spacial score (nSPS) is 18.8. The molecule has 0 heterocycles. The number of nitrogens with one attached hydrogen (secondary N) is 1. The van der Waals surface area contributed by atoms with Crippen LogP contribution in [-0.4, -0.2) is 28.7 Å². The molecular weight excluding hydrogens is 436 g/mol. The van der Waals surface area contributed by atoms with Crippen LogP contribution in [-0.2, 0) is 17.8 Å². The lowest BCUT2D eigenvalue weighted by atomic mass is 9.71. The predicted octanol–water partition coefficient (Wildman–Crippen LogP) is 4.64. The van der Waals surface area contributed by atoms with Gasteiger partial charge < -0.3 is 15.7 Å². The number of aryl methyl sites for hydroxylation is 1. The van der Waals surface area contributed by atoms with Crippen LogP contribution in [0.3, 0.4) is 0 Å². The van der Waals surface area contributed by atoms with E-state index >= 15 is 0 Å². The molecule has 6 nitrogen and oxygen atoms in total. The van der Waals surface area contributed by atoms with Gasteiger partial charge in [0.1, 0.15) is 0 Å². The maximum atomic E-state index is 13.4. The first-order valence-corrected chi connectivity index (χ1v) is 12.7. The van der Waals surface area contributed by atoms with E-state index < -0.39 is 11.9 Å². The molecule has 35 heavy (non-hydrogen) atoms. The summed E-state index contributed by atoms with van der Waals surface area (Å²) in [5.41, 5.74) is 8.13. The molecule has 1 aliphatic carbocycles. The molecule has 2 aromatic rings. The minimum Gasteiger partial charge on any atom is -0.858 e. The number of nitrogens with two attached hydrogens (primary N) is 1. The largest absolute Gasteiger partial charge is 0.858 e. The maximum Gasteiger partial charge on any atom is 0.223 e. The Morgan fingerprint density at radius 1 is 1.03 bits per heavy atom. The van der Waals surface area contributed by atoms with Crippen LogP contribution in [0, 0.1) is 16.7 Å². The Hall–Kier alpha value is -3.15. The van der Waals surface area contributed by atoms with Crippen LogP contribution in [0.15, 0.2) is 59.6 Å². The highest BCUT2D eigenvalue weighted by atomic mass is 16.3. The molecule has 0 aliphatic heterocycles. The van der Waals surface area contributed by atoms with Gasteiger partial charge in [-0.3, -0.25) is 10.2 Å². The second kappa shape index (κ2) is 12.0. The summed E-state index contributed by atoms with van der Waals surface area (Å²) in [6, 6.07) is 17.7. The second-order valence-electron chi connectivity index (χ2n) is 10.7. The van der Waals surface area contributed by atoms with Gasteiger partial charge in [0.2, 0.25) is 11.9 Å². The van der Waals surface area contributed by atoms with E-state index in [9.17, 15) is 9.90 Å². The van der Waals surface area contributed by atoms with Crippen molar-refractivity contribution >= 4 is 17.8 Å². The Kier molecular flexibility index (Phi) is 9.07. The van der Waals surface area contributed by atoms with Crippen molar-refractivity contribution < 1.29 is 9.90 Å². The van der Waals surface area contributed by atoms with Gasteiger partial charge >= 0.3 is 0 Å². The monoisotopic (exact) mass is 475 g/mol. The predicted molar refractivity (Wildman–Crippen MR) is 140 cm³/mol. The quantitative estimate of drug-likeness (QED) is 0.429. The highest BCUT2D eigenvalue weighted by Crippen LogP contribution is 2.39. The van der Waals surface area contributed by atoms with Gasteiger partial charge in [0, 0.05) is 19.0 Å². The number of benzene rings is 2. The standard InChI is InChI=1S/C29H40N4O2/c1-29(2,3)24-16-18-25(19-17-24)33(26(34)11-7-10-21-8-5-4-6-9-21)20-22-12-14-23(15-13-22)27(35)32-28(30)31/h4-6,8-9,12-15,24-25H,7,10-11,16-20H2,1-3H3,(H4,30,31,32,35)/p-1. The van der Waals surface area contributed by atoms with E-state index in [2.05, 4.69) is 42.8 Å². The van der Waals surface area contributed by atoms with Crippen LogP contribution < -0.4 is 10.8 Å². The van der Waals surface area contributed by atoms with Crippen molar-refractivity contribution in [2.24, 2.45) is 22.1 Å². The van der Waals surface area contributed by atoms with Gasteiger partial charge in [-0.2, -0.15) is 0 Å². The van der Waals surface area contributed by atoms with E-state index in [0.29, 0.717) is 29.9 Å². The lowest BCUT2D eigenvalue weighted by molar-refractivity contribution is -0.212. The number of carbonyl (C=O) groups excluding carboxylic acids is 1. The molecule has 1 fully saturated rings. The van der Waals surface area contributed by atoms with E-state index in [-0.39, 0.29) is 11.9 Å². The molecule has 0 bridgehead atoms. The molecule has 0 atom stereocenters. The van der Waals surface area contributed by atoms with Crippen LogP contribution in [0.25, 0.3) is 0 Å². The molecule has 0 unspecified atom stereocenters. The Labute approximate surface area is 209 Å². The van der Waals surface area contributed by atoms with Crippen LogP contribution in [0.1, 0.15) is 76.0 Å². The number of hydrogen-bond donors (Lipinski definition) is 2. The highest BCUT2D eigenvalue weighted by molar-refractivity contribution is 5.98. The molecule has 0 saturated heterocycles. The number of hydrogen-bond acceptors (Lipinski definition) is 3. The summed E-state index contributed by atoms with van der Waals surface area (Å²) in [6.45, 7) is 7.47. The average molecular weight is 476 g/mol. The van der Waals surface area contributed by atoms with Crippen LogP contribution in [0.5, 0.6) is 0 Å². The zero-order valence-corrected chi connectivity index (χ0v) is 21.3. The summed E-state index contributed by atoms with van der Waals surface area (Å²) in [5, 5.41) is 19.2. The first kappa shape index (κ1) is 26.5. The Balaban J connectivity index is 1.69. The van der Waals surface area contributed by atoms with Crippen molar-refractivity contribution in [1.29, 1.82) is 5.41 Å². The average Bonchev–Trinajstić information content (AvgIpc) is 2.82. The first-order valence-electron chi connectivity index (χ1n) is 12.7. The summed E-state index contributed by atoms with van der Waals surface area (Å²) < 4.78 is 0. The highest BCUT2D eigenvalue weighted by Gasteiger charge is 2.33. The molecule has 0 radical (unpaired) electrons. The molecule has 3 rings (SSSR count). The van der Waals surface area contributed by atoms with Gasteiger partial charge in [-0.05, 0) is 72.4 Å². The smallest absolute Gasteiger partial charge is 0.223 e. The number of rotatable bonds is 8. The van der Waals surface area contributed by atoms with E-state index in [1.807, 2.05) is 30.3 Å². The fraction of sp³-hybridized carbons (Fsp3) is 0.483. The third-order valence-electron chi connectivity index (χ3n) is 7.16. The van der Waals surface area contributed by atoms with Crippen molar-refractivity contribution in [3.63, 3.8) is 0 Å². The van der Waals surface area contributed by atoms with Gasteiger partial charge in [0.05, 0.1) is 0 Å². The molecular formula is C29H39N4O2-. The third-order valence-corrected chi connectivity index (χ3v) is 7.16. The van der Waals surface area contributed by atoms with E-state index in [1.165, 1.54) is 5.56 Å². The van der Waals surface area contributed by atoms with Crippen LogP contribution in [0.2, 0.25) is 0 Å². The van der Waals surface area contributed by atoms with E-state index in [0.717, 1.165) is 44.1 Å². The van der Waals surface area contributed by atoms with E-state index in [1.54, 1.807) is 12.1 Å². The number of carbonyl (C=O) groups is 1. The fourth-order valence-corrected chi connectivity index (χ4v) is 5.03. The van der Waals surface area contributed by atoms with Crippen molar-refractivity contribution in [2.75, 3.05) is 0 Å². The van der Waals surface area contributed by atoms with E-state index in [4.69, 9.17) is 11.1 Å². The lowest BCUT2D eigenvalue weighted by Gasteiger charge is -2.41. The topological polar surface area (TPSA) is 106 Å². The molecule has 1 saturated carbocycles. The zero-order valence-electron chi connectivity index (χ0n) is 21.3. The number of amides is 1. The molecule has 1 amide bonds. The molecule has 0 aromatic heterocycles. The van der Waals surface area contributed by atoms with Crippen LogP contribution >= 0.6 is 0 Å². The summed E-state index contributed by atoms with van der Waals surface area (Å²) in [6.07, 6.45) is 6.59. The molecule has 3 N–H and O–H groups in total. The van der Waals surface area contributed by atoms with Crippen molar-refractivity contribution in [1.82, 2.24) is 4.90 Å².